The molecule has 15 heavy (non-hydrogen) atoms. The van der Waals surface area contributed by atoms with Crippen LogP contribution in [0.3, 0.4) is 0 Å². The van der Waals surface area contributed by atoms with Crippen molar-refractivity contribution in [3.8, 4) is 0 Å². The minimum atomic E-state index is -0.904. The number of aliphatic hydroxyl groups is 1. The van der Waals surface area contributed by atoms with E-state index in [0.29, 0.717) is 19.0 Å². The van der Waals surface area contributed by atoms with Crippen molar-refractivity contribution in [1.29, 1.82) is 0 Å². The fraction of sp³-hybridized carbons (Fsp3) is 0.727. The Morgan fingerprint density at radius 1 is 1.60 bits per heavy atom. The van der Waals surface area contributed by atoms with Gasteiger partial charge in [0.05, 0.1) is 6.10 Å². The minimum absolute atomic E-state index is 0.281. The molecule has 2 atom stereocenters. The molecule has 0 aromatic heterocycles. The van der Waals surface area contributed by atoms with Crippen LogP contribution in [0.4, 0.5) is 0 Å². The van der Waals surface area contributed by atoms with E-state index < -0.39 is 5.97 Å². The molecule has 4 nitrogen and oxygen atoms in total. The van der Waals surface area contributed by atoms with Crippen LogP contribution in [0, 0.1) is 5.92 Å². The number of aliphatic carboxylic acids is 1. The number of likely N-dealkylation sites (tertiary alicyclic amines) is 1. The lowest BCUT2D eigenvalue weighted by Crippen LogP contribution is -2.43. The van der Waals surface area contributed by atoms with Gasteiger partial charge in [0, 0.05) is 19.2 Å². The Hall–Kier alpha value is -0.870. The molecule has 1 heterocycles. The van der Waals surface area contributed by atoms with E-state index in [1.54, 1.807) is 6.92 Å². The smallest absolute Gasteiger partial charge is 0.328 e. The van der Waals surface area contributed by atoms with Crippen molar-refractivity contribution in [1.82, 2.24) is 4.90 Å². The molecule has 0 radical (unpaired) electrons. The van der Waals surface area contributed by atoms with Gasteiger partial charge in [-0.1, -0.05) is 12.5 Å². The molecule has 0 aromatic carbocycles. The highest BCUT2D eigenvalue weighted by atomic mass is 16.4. The lowest BCUT2D eigenvalue weighted by Gasteiger charge is -2.34. The fourth-order valence-corrected chi connectivity index (χ4v) is 1.87. The lowest BCUT2D eigenvalue weighted by molar-refractivity contribution is -0.131. The molecule has 2 unspecified atom stereocenters. The van der Waals surface area contributed by atoms with Crippen LogP contribution >= 0.6 is 0 Å². The third kappa shape index (κ3) is 4.01. The molecule has 0 saturated carbocycles. The number of carboxylic acids is 1. The highest BCUT2D eigenvalue weighted by Gasteiger charge is 2.23. The van der Waals surface area contributed by atoms with Crippen LogP contribution in [-0.4, -0.2) is 46.8 Å². The van der Waals surface area contributed by atoms with Gasteiger partial charge >= 0.3 is 5.97 Å². The van der Waals surface area contributed by atoms with Gasteiger partial charge in [-0.15, -0.1) is 0 Å². The van der Waals surface area contributed by atoms with Crippen molar-refractivity contribution in [3.63, 3.8) is 0 Å². The molecule has 86 valence electrons. The predicted molar refractivity (Wildman–Crippen MR) is 57.6 cm³/mol. The van der Waals surface area contributed by atoms with Crippen molar-refractivity contribution >= 4 is 5.97 Å². The molecule has 1 aliphatic heterocycles. The summed E-state index contributed by atoms with van der Waals surface area (Å²) in [5.41, 5.74) is 0.823. The number of rotatable bonds is 3. The maximum atomic E-state index is 10.4. The summed E-state index contributed by atoms with van der Waals surface area (Å²) in [6.07, 6.45) is 1.92. The molecule has 0 spiro atoms. The number of β-amino-alcohol motifs (C(OH)–C–C–N with tert-alkyl or cyclic N) is 1. The summed E-state index contributed by atoms with van der Waals surface area (Å²) in [6.45, 7) is 6.06. The molecule has 0 amide bonds. The second-order valence-electron chi connectivity index (χ2n) is 4.40. The molecule has 0 aliphatic carbocycles. The Morgan fingerprint density at radius 2 is 2.27 bits per heavy atom. The van der Waals surface area contributed by atoms with Gasteiger partial charge in [-0.25, -0.2) is 4.79 Å². The number of piperidine rings is 1. The Bertz CT molecular complexity index is 263. The summed E-state index contributed by atoms with van der Waals surface area (Å²) in [5.74, 6) is -0.552. The van der Waals surface area contributed by atoms with Gasteiger partial charge in [0.2, 0.25) is 0 Å². The minimum Gasteiger partial charge on any atom is -0.478 e. The van der Waals surface area contributed by atoms with E-state index in [-0.39, 0.29) is 6.10 Å². The summed E-state index contributed by atoms with van der Waals surface area (Å²) in [6, 6.07) is 0. The van der Waals surface area contributed by atoms with Crippen molar-refractivity contribution in [2.24, 2.45) is 5.92 Å². The monoisotopic (exact) mass is 213 g/mol. The molecular weight excluding hydrogens is 194 g/mol. The van der Waals surface area contributed by atoms with E-state index in [4.69, 9.17) is 5.11 Å². The zero-order valence-corrected chi connectivity index (χ0v) is 9.31. The van der Waals surface area contributed by atoms with Crippen LogP contribution in [-0.2, 0) is 4.79 Å². The highest BCUT2D eigenvalue weighted by molar-refractivity contribution is 5.80. The van der Waals surface area contributed by atoms with Gasteiger partial charge in [0.15, 0.2) is 0 Å². The third-order valence-corrected chi connectivity index (χ3v) is 2.85. The van der Waals surface area contributed by atoms with E-state index in [0.717, 1.165) is 18.5 Å². The number of carbonyl (C=O) groups is 1. The van der Waals surface area contributed by atoms with Crippen molar-refractivity contribution in [3.05, 3.63) is 11.6 Å². The molecule has 1 fully saturated rings. The molecule has 1 rings (SSSR count). The molecule has 1 aliphatic rings. The highest BCUT2D eigenvalue weighted by Crippen LogP contribution is 2.17. The number of hydrogen-bond acceptors (Lipinski definition) is 3. The van der Waals surface area contributed by atoms with E-state index in [2.05, 4.69) is 4.90 Å². The van der Waals surface area contributed by atoms with Crippen molar-refractivity contribution < 1.29 is 15.0 Å². The van der Waals surface area contributed by atoms with Crippen LogP contribution in [0.5, 0.6) is 0 Å². The average Bonchev–Trinajstić information content (AvgIpc) is 2.10. The third-order valence-electron chi connectivity index (χ3n) is 2.85. The molecule has 4 heteroatoms. The average molecular weight is 213 g/mol. The summed E-state index contributed by atoms with van der Waals surface area (Å²) >= 11 is 0. The lowest BCUT2D eigenvalue weighted by atomic mass is 9.96. The van der Waals surface area contributed by atoms with Crippen LogP contribution in [0.2, 0.25) is 0 Å². The Morgan fingerprint density at radius 3 is 2.80 bits per heavy atom. The SMILES string of the molecule is CC(=CC(=O)O)CN1CCC(C)C(O)C1. The summed E-state index contributed by atoms with van der Waals surface area (Å²) in [5, 5.41) is 18.2. The Kier molecular flexibility index (Phi) is 4.29. The number of hydrogen-bond donors (Lipinski definition) is 2. The maximum Gasteiger partial charge on any atom is 0.328 e. The second kappa shape index (κ2) is 5.28. The summed E-state index contributed by atoms with van der Waals surface area (Å²) in [7, 11) is 0. The fourth-order valence-electron chi connectivity index (χ4n) is 1.87. The van der Waals surface area contributed by atoms with E-state index in [1.807, 2.05) is 6.92 Å². The van der Waals surface area contributed by atoms with E-state index >= 15 is 0 Å². The van der Waals surface area contributed by atoms with Crippen LogP contribution in [0.25, 0.3) is 0 Å². The van der Waals surface area contributed by atoms with Gasteiger partial charge in [0.25, 0.3) is 0 Å². The summed E-state index contributed by atoms with van der Waals surface area (Å²) < 4.78 is 0. The first-order valence-corrected chi connectivity index (χ1v) is 5.29. The van der Waals surface area contributed by atoms with Gasteiger partial charge in [-0.3, -0.25) is 4.90 Å². The van der Waals surface area contributed by atoms with Gasteiger partial charge in [-0.2, -0.15) is 0 Å². The first-order chi connectivity index (χ1) is 6.99. The number of nitrogens with zero attached hydrogens (tertiary/aromatic N) is 1. The Balaban J connectivity index is 2.43. The molecule has 0 bridgehead atoms. The predicted octanol–water partition coefficient (Wildman–Crippen LogP) is 0.720. The normalized spacial score (nSPS) is 29.1. The zero-order valence-electron chi connectivity index (χ0n) is 9.31. The van der Waals surface area contributed by atoms with Crippen molar-refractivity contribution in [2.45, 2.75) is 26.4 Å². The maximum absolute atomic E-state index is 10.4. The van der Waals surface area contributed by atoms with Gasteiger partial charge in [0.1, 0.15) is 0 Å². The zero-order chi connectivity index (χ0) is 11.4. The first-order valence-electron chi connectivity index (χ1n) is 5.29. The topological polar surface area (TPSA) is 60.8 Å². The van der Waals surface area contributed by atoms with Crippen LogP contribution in [0.1, 0.15) is 20.3 Å². The molecular formula is C11H19NO3. The first kappa shape index (κ1) is 12.2. The van der Waals surface area contributed by atoms with E-state index in [1.165, 1.54) is 6.08 Å². The van der Waals surface area contributed by atoms with Gasteiger partial charge in [-0.05, 0) is 25.8 Å². The van der Waals surface area contributed by atoms with Gasteiger partial charge < -0.3 is 10.2 Å². The van der Waals surface area contributed by atoms with Crippen LogP contribution < -0.4 is 0 Å². The van der Waals surface area contributed by atoms with Crippen molar-refractivity contribution in [2.75, 3.05) is 19.6 Å². The number of aliphatic hydroxyl groups excluding tert-OH is 1. The van der Waals surface area contributed by atoms with Crippen LogP contribution in [0.15, 0.2) is 11.6 Å². The largest absolute Gasteiger partial charge is 0.478 e. The molecule has 2 N–H and O–H groups in total. The second-order valence-corrected chi connectivity index (χ2v) is 4.40. The number of carboxylic acid groups (broad SMARTS) is 1. The quantitative estimate of drug-likeness (QED) is 0.678. The standard InChI is InChI=1S/C11H19NO3/c1-8(5-11(14)15)6-12-4-3-9(2)10(13)7-12/h5,9-10,13H,3-4,6-7H2,1-2H3,(H,14,15). The summed E-state index contributed by atoms with van der Waals surface area (Å²) in [4.78, 5) is 12.5. The Labute approximate surface area is 90.2 Å². The molecule has 1 saturated heterocycles. The van der Waals surface area contributed by atoms with E-state index in [9.17, 15) is 9.90 Å². The molecule has 0 aromatic rings.